The third kappa shape index (κ3) is 3.80. The second-order valence-corrected chi connectivity index (χ2v) is 5.44. The average molecular weight is 380 g/mol. The highest BCUT2D eigenvalue weighted by atomic mass is 127. The number of benzene rings is 2. The molecule has 2 N–H and O–H groups in total. The fourth-order valence-electron chi connectivity index (χ4n) is 1.59. The van der Waals surface area contributed by atoms with Crippen LogP contribution in [-0.4, -0.2) is 16.8 Å². The lowest BCUT2D eigenvalue weighted by molar-refractivity contribution is 0.0697. The Hall–Kier alpha value is -1.89. The molecule has 0 aliphatic carbocycles. The molecule has 0 saturated carbocycles. The van der Waals surface area contributed by atoms with Crippen LogP contribution in [0.25, 0.3) is 0 Å². The molecule has 0 radical (unpaired) electrons. The van der Waals surface area contributed by atoms with E-state index in [1.807, 2.05) is 31.2 Å². The maximum atomic E-state index is 10.7. The van der Waals surface area contributed by atoms with Crippen molar-refractivity contribution >= 4 is 40.0 Å². The minimum atomic E-state index is -0.935. The van der Waals surface area contributed by atoms with Crippen LogP contribution in [0.5, 0.6) is 0 Å². The zero-order valence-electron chi connectivity index (χ0n) is 10.8. The lowest BCUT2D eigenvalue weighted by Gasteiger charge is -2.04. The first-order valence-electron chi connectivity index (χ1n) is 5.96. The number of rotatable bonds is 4. The number of halogens is 1. The van der Waals surface area contributed by atoms with Crippen molar-refractivity contribution in [3.63, 3.8) is 0 Å². The van der Waals surface area contributed by atoms with E-state index in [9.17, 15) is 4.79 Å². The summed E-state index contributed by atoms with van der Waals surface area (Å²) in [6.45, 7) is 1.92. The normalized spacial score (nSPS) is 11.2. The first-order valence-corrected chi connectivity index (χ1v) is 7.04. The third-order valence-electron chi connectivity index (χ3n) is 2.75. The van der Waals surface area contributed by atoms with Gasteiger partial charge in [0.15, 0.2) is 0 Å². The Morgan fingerprint density at radius 3 is 2.15 bits per heavy atom. The van der Waals surface area contributed by atoms with Gasteiger partial charge in [-0.1, -0.05) is 12.1 Å². The number of aromatic carboxylic acids is 1. The molecule has 102 valence electrons. The fraction of sp³-hybridized carbons (Fsp3) is 0.0667. The second-order valence-electron chi connectivity index (χ2n) is 4.20. The Labute approximate surface area is 130 Å². The van der Waals surface area contributed by atoms with Gasteiger partial charge >= 0.3 is 5.97 Å². The van der Waals surface area contributed by atoms with Crippen LogP contribution in [0.15, 0.2) is 53.6 Å². The van der Waals surface area contributed by atoms with E-state index in [4.69, 9.17) is 5.11 Å². The molecule has 2 aromatic rings. The first-order chi connectivity index (χ1) is 9.56. The van der Waals surface area contributed by atoms with Crippen LogP contribution in [-0.2, 0) is 0 Å². The average Bonchev–Trinajstić information content (AvgIpc) is 2.46. The van der Waals surface area contributed by atoms with Gasteiger partial charge in [-0.15, -0.1) is 0 Å². The van der Waals surface area contributed by atoms with Gasteiger partial charge in [-0.05, 0) is 71.5 Å². The zero-order chi connectivity index (χ0) is 14.5. The smallest absolute Gasteiger partial charge is 0.335 e. The molecule has 2 aromatic carbocycles. The second kappa shape index (κ2) is 6.51. The predicted molar refractivity (Wildman–Crippen MR) is 88.4 cm³/mol. The molecule has 0 aromatic heterocycles. The van der Waals surface area contributed by atoms with Crippen LogP contribution in [0.2, 0.25) is 0 Å². The molecule has 0 aliphatic heterocycles. The minimum Gasteiger partial charge on any atom is -0.478 e. The first kappa shape index (κ1) is 14.5. The van der Waals surface area contributed by atoms with E-state index in [2.05, 4.69) is 33.1 Å². The number of carbonyl (C=O) groups is 1. The van der Waals surface area contributed by atoms with Gasteiger partial charge in [0.25, 0.3) is 0 Å². The monoisotopic (exact) mass is 380 g/mol. The molecule has 2 rings (SSSR count). The summed E-state index contributed by atoms with van der Waals surface area (Å²) in [5.74, 6) is -0.935. The SMILES string of the molecule is C/C(=N/Nc1ccc(C(=O)O)cc1)c1ccc(I)cc1. The summed E-state index contributed by atoms with van der Waals surface area (Å²) in [5, 5.41) is 13.1. The molecule has 5 heteroatoms. The molecule has 0 aliphatic rings. The van der Waals surface area contributed by atoms with Crippen molar-refractivity contribution in [2.45, 2.75) is 6.92 Å². The third-order valence-corrected chi connectivity index (χ3v) is 3.47. The fourth-order valence-corrected chi connectivity index (χ4v) is 1.95. The van der Waals surface area contributed by atoms with Gasteiger partial charge in [0.05, 0.1) is 17.0 Å². The molecule has 0 unspecified atom stereocenters. The Bertz CT molecular complexity index is 634. The van der Waals surface area contributed by atoms with Crippen LogP contribution in [0.1, 0.15) is 22.8 Å². The molecule has 20 heavy (non-hydrogen) atoms. The van der Waals surface area contributed by atoms with Crippen molar-refractivity contribution in [1.29, 1.82) is 0 Å². The maximum Gasteiger partial charge on any atom is 0.335 e. The largest absolute Gasteiger partial charge is 0.478 e. The number of nitrogens with zero attached hydrogens (tertiary/aromatic N) is 1. The van der Waals surface area contributed by atoms with Crippen LogP contribution in [0.3, 0.4) is 0 Å². The summed E-state index contributed by atoms with van der Waals surface area (Å²) in [6.07, 6.45) is 0. The number of carboxylic acids is 1. The summed E-state index contributed by atoms with van der Waals surface area (Å²) in [4.78, 5) is 10.7. The Morgan fingerprint density at radius 1 is 1.05 bits per heavy atom. The van der Waals surface area contributed by atoms with Gasteiger partial charge in [0.2, 0.25) is 0 Å². The molecular weight excluding hydrogens is 367 g/mol. The zero-order valence-corrected chi connectivity index (χ0v) is 13.0. The van der Waals surface area contributed by atoms with Crippen molar-refractivity contribution in [3.05, 3.63) is 63.2 Å². The van der Waals surface area contributed by atoms with Gasteiger partial charge in [-0.3, -0.25) is 5.43 Å². The molecular formula is C15H13IN2O2. The number of carboxylic acid groups (broad SMARTS) is 1. The summed E-state index contributed by atoms with van der Waals surface area (Å²) in [6, 6.07) is 14.5. The summed E-state index contributed by atoms with van der Waals surface area (Å²) in [5.41, 5.74) is 5.83. The molecule has 0 bridgehead atoms. The van der Waals surface area contributed by atoms with Gasteiger partial charge < -0.3 is 5.11 Å². The van der Waals surface area contributed by atoms with E-state index in [0.29, 0.717) is 0 Å². The number of nitrogens with one attached hydrogen (secondary N) is 1. The molecule has 0 saturated heterocycles. The van der Waals surface area contributed by atoms with Gasteiger partial charge in [-0.25, -0.2) is 4.79 Å². The lowest BCUT2D eigenvalue weighted by atomic mass is 10.1. The van der Waals surface area contributed by atoms with E-state index in [-0.39, 0.29) is 5.56 Å². The van der Waals surface area contributed by atoms with Crippen molar-refractivity contribution in [2.75, 3.05) is 5.43 Å². The van der Waals surface area contributed by atoms with Crippen molar-refractivity contribution < 1.29 is 9.90 Å². The summed E-state index contributed by atoms with van der Waals surface area (Å²) < 4.78 is 1.18. The molecule has 0 heterocycles. The van der Waals surface area contributed by atoms with Gasteiger partial charge in [-0.2, -0.15) is 5.10 Å². The molecule has 0 fully saturated rings. The van der Waals surface area contributed by atoms with Crippen LogP contribution in [0.4, 0.5) is 5.69 Å². The van der Waals surface area contributed by atoms with E-state index in [1.165, 1.54) is 3.57 Å². The highest BCUT2D eigenvalue weighted by molar-refractivity contribution is 14.1. The van der Waals surface area contributed by atoms with Gasteiger partial charge in [0, 0.05) is 3.57 Å². The van der Waals surface area contributed by atoms with Crippen molar-refractivity contribution in [1.82, 2.24) is 0 Å². The molecule has 0 atom stereocenters. The number of hydrogen-bond donors (Lipinski definition) is 2. The summed E-state index contributed by atoms with van der Waals surface area (Å²) in [7, 11) is 0. The molecule has 0 amide bonds. The highest BCUT2D eigenvalue weighted by Crippen LogP contribution is 2.11. The Kier molecular flexibility index (Phi) is 4.73. The maximum absolute atomic E-state index is 10.7. The highest BCUT2D eigenvalue weighted by Gasteiger charge is 2.01. The Morgan fingerprint density at radius 2 is 1.60 bits per heavy atom. The number of hydrogen-bond acceptors (Lipinski definition) is 3. The topological polar surface area (TPSA) is 61.7 Å². The van der Waals surface area contributed by atoms with E-state index in [1.54, 1.807) is 24.3 Å². The summed E-state index contributed by atoms with van der Waals surface area (Å²) >= 11 is 2.26. The molecule has 4 nitrogen and oxygen atoms in total. The van der Waals surface area contributed by atoms with Crippen molar-refractivity contribution in [2.24, 2.45) is 5.10 Å². The van der Waals surface area contributed by atoms with E-state index in [0.717, 1.165) is 17.0 Å². The predicted octanol–water partition coefficient (Wildman–Crippen LogP) is 3.83. The van der Waals surface area contributed by atoms with Crippen LogP contribution < -0.4 is 5.43 Å². The lowest BCUT2D eigenvalue weighted by Crippen LogP contribution is -2.00. The Balaban J connectivity index is 2.08. The number of anilines is 1. The quantitative estimate of drug-likeness (QED) is 0.482. The van der Waals surface area contributed by atoms with Crippen LogP contribution in [0, 0.1) is 3.57 Å². The van der Waals surface area contributed by atoms with E-state index >= 15 is 0 Å². The van der Waals surface area contributed by atoms with Crippen LogP contribution >= 0.6 is 22.6 Å². The van der Waals surface area contributed by atoms with Gasteiger partial charge in [0.1, 0.15) is 0 Å². The molecule has 0 spiro atoms. The van der Waals surface area contributed by atoms with Crippen molar-refractivity contribution in [3.8, 4) is 0 Å². The van der Waals surface area contributed by atoms with E-state index < -0.39 is 5.97 Å². The number of hydrazone groups is 1. The standard InChI is InChI=1S/C15H13IN2O2/c1-10(11-2-6-13(16)7-3-11)17-18-14-8-4-12(5-9-14)15(19)20/h2-9,18H,1H3,(H,19,20)/b17-10-. The minimum absolute atomic E-state index is 0.258.